The Kier molecular flexibility index (Phi) is 7.42. The van der Waals surface area contributed by atoms with Gasteiger partial charge in [-0.15, -0.1) is 0 Å². The largest absolute Gasteiger partial charge is 0.494 e. The minimum atomic E-state index is -0.426. The molecule has 2 atom stereocenters. The van der Waals surface area contributed by atoms with Crippen LogP contribution in [-0.4, -0.2) is 62.6 Å². The maximum atomic E-state index is 13.5. The fourth-order valence-corrected chi connectivity index (χ4v) is 3.22. The molecule has 1 aromatic rings. The summed E-state index contributed by atoms with van der Waals surface area (Å²) in [6.07, 6.45) is 1.63. The van der Waals surface area contributed by atoms with E-state index in [9.17, 15) is 9.50 Å². The number of rotatable bonds is 8. The summed E-state index contributed by atoms with van der Waals surface area (Å²) in [4.78, 5) is 2.27. The minimum Gasteiger partial charge on any atom is -0.494 e. The summed E-state index contributed by atoms with van der Waals surface area (Å²) >= 11 is 0. The summed E-state index contributed by atoms with van der Waals surface area (Å²) in [5.41, 5.74) is 1.02. The highest BCUT2D eigenvalue weighted by Crippen LogP contribution is 2.24. The molecule has 0 spiro atoms. The van der Waals surface area contributed by atoms with E-state index in [2.05, 4.69) is 17.1 Å². The van der Waals surface area contributed by atoms with Crippen molar-refractivity contribution < 1.29 is 19.0 Å². The van der Waals surface area contributed by atoms with Crippen LogP contribution in [0.2, 0.25) is 0 Å². The van der Waals surface area contributed by atoms with Crippen LogP contribution in [0.3, 0.4) is 0 Å². The number of benzene rings is 1. The van der Waals surface area contributed by atoms with Gasteiger partial charge in [0.25, 0.3) is 0 Å². The van der Waals surface area contributed by atoms with Crippen LogP contribution < -0.4 is 10.1 Å². The molecular formula is C18H29FN2O3. The number of hydrogen-bond acceptors (Lipinski definition) is 5. The average Bonchev–Trinajstić information content (AvgIpc) is 2.57. The Hall–Kier alpha value is -1.21. The van der Waals surface area contributed by atoms with Crippen molar-refractivity contribution in [1.29, 1.82) is 0 Å². The Balaban J connectivity index is 1.81. The van der Waals surface area contributed by atoms with Gasteiger partial charge in [-0.2, -0.15) is 0 Å². The molecule has 24 heavy (non-hydrogen) atoms. The number of methoxy groups -OCH3 is 2. The molecule has 0 aliphatic carbocycles. The zero-order chi connectivity index (χ0) is 17.5. The van der Waals surface area contributed by atoms with Crippen molar-refractivity contribution in [3.05, 3.63) is 29.6 Å². The molecule has 1 aromatic carbocycles. The normalized spacial score (nSPS) is 19.2. The zero-order valence-corrected chi connectivity index (χ0v) is 14.8. The van der Waals surface area contributed by atoms with Gasteiger partial charge in [0.1, 0.15) is 0 Å². The third kappa shape index (κ3) is 5.41. The maximum Gasteiger partial charge on any atom is 0.165 e. The fourth-order valence-electron chi connectivity index (χ4n) is 3.22. The molecule has 5 nitrogen and oxygen atoms in total. The van der Waals surface area contributed by atoms with Crippen molar-refractivity contribution in [3.63, 3.8) is 0 Å². The molecule has 2 N–H and O–H groups in total. The first-order valence-electron chi connectivity index (χ1n) is 8.52. The molecule has 2 rings (SSSR count). The lowest BCUT2D eigenvalue weighted by Crippen LogP contribution is -2.46. The summed E-state index contributed by atoms with van der Waals surface area (Å²) in [5.74, 6) is -0.0560. The lowest BCUT2D eigenvalue weighted by atomic mass is 10.0. The molecule has 0 saturated carbocycles. The van der Waals surface area contributed by atoms with Gasteiger partial charge < -0.3 is 24.8 Å². The standard InChI is InChI=1S/C18H29FN2O3/c1-13(14-4-5-17(19)18(10-14)24-3)20-15-6-8-21(9-7-15)11-16(22)12-23-2/h4-5,10,13,15-16,20,22H,6-9,11-12H2,1-3H3. The number of hydrogen-bond donors (Lipinski definition) is 2. The number of nitrogens with one attached hydrogen (secondary N) is 1. The van der Waals surface area contributed by atoms with Crippen molar-refractivity contribution in [1.82, 2.24) is 10.2 Å². The van der Waals surface area contributed by atoms with Crippen LogP contribution in [0.15, 0.2) is 18.2 Å². The number of aliphatic hydroxyl groups is 1. The Morgan fingerprint density at radius 3 is 2.67 bits per heavy atom. The fraction of sp³-hybridized carbons (Fsp3) is 0.667. The van der Waals surface area contributed by atoms with Crippen molar-refractivity contribution in [2.75, 3.05) is 40.5 Å². The van der Waals surface area contributed by atoms with Gasteiger partial charge >= 0.3 is 0 Å². The van der Waals surface area contributed by atoms with E-state index in [0.717, 1.165) is 31.5 Å². The molecule has 2 unspecified atom stereocenters. The quantitative estimate of drug-likeness (QED) is 0.758. The molecule has 1 aliphatic heterocycles. The lowest BCUT2D eigenvalue weighted by molar-refractivity contribution is 0.0308. The first kappa shape index (κ1) is 19.1. The molecule has 1 fully saturated rings. The number of β-amino-alcohol motifs (C(OH)–C–C–N with tert-alkyl or cyclic N) is 1. The highest BCUT2D eigenvalue weighted by Gasteiger charge is 2.22. The smallest absolute Gasteiger partial charge is 0.165 e. The first-order valence-corrected chi connectivity index (χ1v) is 8.52. The molecule has 1 aliphatic rings. The minimum absolute atomic E-state index is 0.134. The third-order valence-electron chi connectivity index (χ3n) is 4.58. The van der Waals surface area contributed by atoms with Gasteiger partial charge in [0.15, 0.2) is 11.6 Å². The van der Waals surface area contributed by atoms with E-state index in [0.29, 0.717) is 19.2 Å². The van der Waals surface area contributed by atoms with Crippen molar-refractivity contribution in [3.8, 4) is 5.75 Å². The maximum absolute atomic E-state index is 13.5. The predicted molar refractivity (Wildman–Crippen MR) is 91.8 cm³/mol. The molecule has 0 aromatic heterocycles. The Morgan fingerprint density at radius 1 is 1.33 bits per heavy atom. The summed E-state index contributed by atoms with van der Waals surface area (Å²) in [5, 5.41) is 13.4. The number of nitrogens with zero attached hydrogens (tertiary/aromatic N) is 1. The van der Waals surface area contributed by atoms with E-state index in [1.54, 1.807) is 19.2 Å². The van der Waals surface area contributed by atoms with Crippen LogP contribution in [0.25, 0.3) is 0 Å². The van der Waals surface area contributed by atoms with Crippen LogP contribution in [0.1, 0.15) is 31.4 Å². The Morgan fingerprint density at radius 2 is 2.04 bits per heavy atom. The molecular weight excluding hydrogens is 311 g/mol. The number of aliphatic hydroxyl groups excluding tert-OH is 1. The number of ether oxygens (including phenoxy) is 2. The second-order valence-corrected chi connectivity index (χ2v) is 6.47. The summed E-state index contributed by atoms with van der Waals surface area (Å²) in [6, 6.07) is 5.56. The molecule has 6 heteroatoms. The van der Waals surface area contributed by atoms with Gasteiger partial charge in [-0.25, -0.2) is 4.39 Å². The highest BCUT2D eigenvalue weighted by atomic mass is 19.1. The van der Waals surface area contributed by atoms with Gasteiger partial charge in [0, 0.05) is 25.7 Å². The van der Waals surface area contributed by atoms with Crippen LogP contribution in [0, 0.1) is 5.82 Å². The van der Waals surface area contributed by atoms with Gasteiger partial charge in [-0.1, -0.05) is 6.07 Å². The summed E-state index contributed by atoms with van der Waals surface area (Å²) in [6.45, 7) is 5.03. The van der Waals surface area contributed by atoms with Crippen molar-refractivity contribution in [2.45, 2.75) is 38.0 Å². The molecule has 0 radical (unpaired) electrons. The van der Waals surface area contributed by atoms with Crippen LogP contribution in [-0.2, 0) is 4.74 Å². The highest BCUT2D eigenvalue weighted by molar-refractivity contribution is 5.32. The Labute approximate surface area is 143 Å². The lowest BCUT2D eigenvalue weighted by Gasteiger charge is -2.35. The first-order chi connectivity index (χ1) is 11.5. The third-order valence-corrected chi connectivity index (χ3v) is 4.58. The van der Waals surface area contributed by atoms with Gasteiger partial charge in [-0.3, -0.25) is 0 Å². The van der Waals surface area contributed by atoms with Gasteiger partial charge in [0.05, 0.1) is 19.8 Å². The predicted octanol–water partition coefficient (Wildman–Crippen LogP) is 1.96. The molecule has 0 bridgehead atoms. The summed E-state index contributed by atoms with van der Waals surface area (Å²) in [7, 11) is 3.08. The van der Waals surface area contributed by atoms with Gasteiger partial charge in [-0.05, 0) is 50.6 Å². The topological polar surface area (TPSA) is 54.0 Å². The number of likely N-dealkylation sites (tertiary alicyclic amines) is 1. The number of halogens is 1. The van der Waals surface area contributed by atoms with Gasteiger partial charge in [0.2, 0.25) is 0 Å². The molecule has 136 valence electrons. The second kappa shape index (κ2) is 9.32. The van der Waals surface area contributed by atoms with Crippen molar-refractivity contribution >= 4 is 0 Å². The second-order valence-electron chi connectivity index (χ2n) is 6.47. The molecule has 1 saturated heterocycles. The van der Waals surface area contributed by atoms with E-state index in [1.807, 2.05) is 0 Å². The van der Waals surface area contributed by atoms with E-state index >= 15 is 0 Å². The van der Waals surface area contributed by atoms with E-state index in [4.69, 9.17) is 9.47 Å². The molecule has 0 amide bonds. The average molecular weight is 340 g/mol. The Bertz CT molecular complexity index is 507. The monoisotopic (exact) mass is 340 g/mol. The van der Waals surface area contributed by atoms with Crippen LogP contribution in [0.4, 0.5) is 4.39 Å². The number of piperidine rings is 1. The van der Waals surface area contributed by atoms with E-state index < -0.39 is 6.10 Å². The molecule has 1 heterocycles. The van der Waals surface area contributed by atoms with Crippen molar-refractivity contribution in [2.24, 2.45) is 0 Å². The zero-order valence-electron chi connectivity index (χ0n) is 14.8. The van der Waals surface area contributed by atoms with Crippen LogP contribution in [0.5, 0.6) is 5.75 Å². The van der Waals surface area contributed by atoms with E-state index in [-0.39, 0.29) is 17.6 Å². The van der Waals surface area contributed by atoms with E-state index in [1.165, 1.54) is 13.2 Å². The SMILES string of the molecule is COCC(O)CN1CCC(NC(C)c2ccc(F)c(OC)c2)CC1. The van der Waals surface area contributed by atoms with Crippen LogP contribution >= 0.6 is 0 Å². The summed E-state index contributed by atoms with van der Waals surface area (Å²) < 4.78 is 23.5.